The van der Waals surface area contributed by atoms with Crippen LogP contribution in [0, 0.1) is 13.8 Å². The van der Waals surface area contributed by atoms with Gasteiger partial charge in [0.15, 0.2) is 0 Å². The van der Waals surface area contributed by atoms with Crippen molar-refractivity contribution in [1.29, 1.82) is 0 Å². The lowest BCUT2D eigenvalue weighted by Gasteiger charge is -2.18. The second kappa shape index (κ2) is 7.49. The molecule has 0 radical (unpaired) electrons. The van der Waals surface area contributed by atoms with E-state index in [2.05, 4.69) is 0 Å². The zero-order chi connectivity index (χ0) is 15.1. The molecule has 2 N–H and O–H groups in total. The van der Waals surface area contributed by atoms with E-state index in [-0.39, 0.29) is 26.2 Å². The Morgan fingerprint density at radius 3 is 2.00 bits per heavy atom. The Morgan fingerprint density at radius 1 is 1.05 bits per heavy atom. The molecule has 6 nitrogen and oxygen atoms in total. The number of rotatable bonds is 8. The molecule has 0 amide bonds. The Labute approximate surface area is 117 Å². The number of carbonyl (C=O) groups is 2. The molecule has 0 unspecified atom stereocenters. The lowest BCUT2D eigenvalue weighted by molar-refractivity contribution is -0.141. The summed E-state index contributed by atoms with van der Waals surface area (Å²) in [5.74, 6) is -1.41. The minimum atomic E-state index is -1.06. The quantitative estimate of drug-likeness (QED) is 0.743. The number of benzene rings is 1. The van der Waals surface area contributed by atoms with Crippen molar-refractivity contribution in [1.82, 2.24) is 4.90 Å². The third-order valence-corrected chi connectivity index (χ3v) is 2.59. The summed E-state index contributed by atoms with van der Waals surface area (Å²) in [6, 6.07) is 5.78. The molecule has 0 heterocycles. The van der Waals surface area contributed by atoms with Crippen LogP contribution in [0.1, 0.15) is 11.1 Å². The molecule has 0 saturated carbocycles. The Bertz CT molecular complexity index is 450. The van der Waals surface area contributed by atoms with Gasteiger partial charge < -0.3 is 14.9 Å². The van der Waals surface area contributed by atoms with Crippen LogP contribution in [0.15, 0.2) is 18.2 Å². The van der Waals surface area contributed by atoms with Gasteiger partial charge >= 0.3 is 11.9 Å². The van der Waals surface area contributed by atoms with Crippen molar-refractivity contribution in [2.45, 2.75) is 13.8 Å². The molecule has 0 aromatic heterocycles. The molecular formula is C14H19NO5. The fraction of sp³-hybridized carbons (Fsp3) is 0.429. The maximum absolute atomic E-state index is 10.6. The molecule has 0 saturated heterocycles. The molecular weight excluding hydrogens is 262 g/mol. The maximum atomic E-state index is 10.6. The van der Waals surface area contributed by atoms with E-state index < -0.39 is 11.9 Å². The van der Waals surface area contributed by atoms with Gasteiger partial charge in [-0.2, -0.15) is 0 Å². The topological polar surface area (TPSA) is 87.1 Å². The van der Waals surface area contributed by atoms with Gasteiger partial charge in [-0.3, -0.25) is 14.5 Å². The van der Waals surface area contributed by atoms with Crippen LogP contribution in [0.5, 0.6) is 5.75 Å². The molecule has 0 aliphatic rings. The summed E-state index contributed by atoms with van der Waals surface area (Å²) in [6.07, 6.45) is 0. The second-order valence-corrected chi connectivity index (χ2v) is 4.67. The van der Waals surface area contributed by atoms with Crippen LogP contribution in [0.4, 0.5) is 0 Å². The second-order valence-electron chi connectivity index (χ2n) is 4.67. The molecule has 0 spiro atoms. The van der Waals surface area contributed by atoms with E-state index >= 15 is 0 Å². The van der Waals surface area contributed by atoms with Gasteiger partial charge in [0.25, 0.3) is 0 Å². The van der Waals surface area contributed by atoms with Crippen molar-refractivity contribution in [3.8, 4) is 5.75 Å². The van der Waals surface area contributed by atoms with Crippen molar-refractivity contribution in [3.63, 3.8) is 0 Å². The Hall–Kier alpha value is -2.08. The standard InChI is InChI=1S/C14H19NO5/c1-10-5-11(2)7-12(6-10)20-4-3-15(8-13(16)17)9-14(18)19/h5-7H,3-4,8-9H2,1-2H3,(H,16,17)(H,18,19). The van der Waals surface area contributed by atoms with Crippen molar-refractivity contribution in [2.24, 2.45) is 0 Å². The highest BCUT2D eigenvalue weighted by atomic mass is 16.5. The smallest absolute Gasteiger partial charge is 0.317 e. The van der Waals surface area contributed by atoms with Crippen molar-refractivity contribution in [3.05, 3.63) is 29.3 Å². The Balaban J connectivity index is 2.50. The largest absolute Gasteiger partial charge is 0.492 e. The third-order valence-electron chi connectivity index (χ3n) is 2.59. The van der Waals surface area contributed by atoms with E-state index in [1.165, 1.54) is 4.90 Å². The van der Waals surface area contributed by atoms with Gasteiger partial charge in [0.05, 0.1) is 13.1 Å². The van der Waals surface area contributed by atoms with Crippen molar-refractivity contribution >= 4 is 11.9 Å². The Kier molecular flexibility index (Phi) is 5.99. The Morgan fingerprint density at radius 2 is 1.55 bits per heavy atom. The number of carboxylic acids is 2. The van der Waals surface area contributed by atoms with Gasteiger partial charge in [-0.15, -0.1) is 0 Å². The highest BCUT2D eigenvalue weighted by Gasteiger charge is 2.13. The van der Waals surface area contributed by atoms with Gasteiger partial charge in [0, 0.05) is 6.54 Å². The molecule has 0 aliphatic carbocycles. The van der Waals surface area contributed by atoms with E-state index in [0.29, 0.717) is 5.75 Å². The number of carboxylic acid groups (broad SMARTS) is 2. The monoisotopic (exact) mass is 281 g/mol. The van der Waals surface area contributed by atoms with Crippen LogP contribution in [0.25, 0.3) is 0 Å². The van der Waals surface area contributed by atoms with Crippen LogP contribution < -0.4 is 4.74 Å². The number of hydrogen-bond donors (Lipinski definition) is 2. The zero-order valence-corrected chi connectivity index (χ0v) is 11.6. The van der Waals surface area contributed by atoms with E-state index in [0.717, 1.165) is 11.1 Å². The summed E-state index contributed by atoms with van der Waals surface area (Å²) >= 11 is 0. The lowest BCUT2D eigenvalue weighted by Crippen LogP contribution is -2.37. The molecule has 1 aromatic carbocycles. The first-order valence-corrected chi connectivity index (χ1v) is 6.24. The van der Waals surface area contributed by atoms with Gasteiger partial charge in [0.1, 0.15) is 12.4 Å². The summed E-state index contributed by atoms with van der Waals surface area (Å²) in [5.41, 5.74) is 2.15. The maximum Gasteiger partial charge on any atom is 0.317 e. The summed E-state index contributed by atoms with van der Waals surface area (Å²) in [7, 11) is 0. The summed E-state index contributed by atoms with van der Waals surface area (Å²) in [6.45, 7) is 3.77. The molecule has 0 bridgehead atoms. The molecule has 1 aromatic rings. The average Bonchev–Trinajstić information content (AvgIpc) is 2.25. The third kappa shape index (κ3) is 6.19. The van der Waals surface area contributed by atoms with Crippen LogP contribution in [0.3, 0.4) is 0 Å². The van der Waals surface area contributed by atoms with Crippen molar-refractivity contribution in [2.75, 3.05) is 26.2 Å². The lowest BCUT2D eigenvalue weighted by atomic mass is 10.1. The molecule has 6 heteroatoms. The summed E-state index contributed by atoms with van der Waals surface area (Å²) in [5, 5.41) is 17.4. The predicted molar refractivity (Wildman–Crippen MR) is 73.1 cm³/mol. The van der Waals surface area contributed by atoms with Gasteiger partial charge in [-0.25, -0.2) is 0 Å². The fourth-order valence-corrected chi connectivity index (χ4v) is 1.91. The SMILES string of the molecule is Cc1cc(C)cc(OCCN(CC(=O)O)CC(=O)O)c1. The number of nitrogens with zero attached hydrogens (tertiary/aromatic N) is 1. The molecule has 0 fully saturated rings. The molecule has 20 heavy (non-hydrogen) atoms. The minimum absolute atomic E-state index is 0.240. The molecule has 1 rings (SSSR count). The fourth-order valence-electron chi connectivity index (χ4n) is 1.91. The molecule has 110 valence electrons. The number of ether oxygens (including phenoxy) is 1. The molecule has 0 atom stereocenters. The number of aryl methyl sites for hydroxylation is 2. The summed E-state index contributed by atoms with van der Waals surface area (Å²) < 4.78 is 5.53. The average molecular weight is 281 g/mol. The normalized spacial score (nSPS) is 10.6. The number of hydrogen-bond acceptors (Lipinski definition) is 4. The highest BCUT2D eigenvalue weighted by Crippen LogP contribution is 2.16. The van der Waals surface area contributed by atoms with Gasteiger partial charge in [-0.1, -0.05) is 6.07 Å². The summed E-state index contributed by atoms with van der Waals surface area (Å²) in [4.78, 5) is 22.6. The number of aliphatic carboxylic acids is 2. The van der Waals surface area contributed by atoms with Gasteiger partial charge in [-0.05, 0) is 37.1 Å². The van der Waals surface area contributed by atoms with E-state index in [1.807, 2.05) is 32.0 Å². The molecule has 0 aliphatic heterocycles. The zero-order valence-electron chi connectivity index (χ0n) is 11.6. The van der Waals surface area contributed by atoms with Gasteiger partial charge in [0.2, 0.25) is 0 Å². The van der Waals surface area contributed by atoms with Crippen LogP contribution in [-0.2, 0) is 9.59 Å². The van der Waals surface area contributed by atoms with Crippen LogP contribution in [0.2, 0.25) is 0 Å². The highest BCUT2D eigenvalue weighted by molar-refractivity contribution is 5.72. The van der Waals surface area contributed by atoms with Crippen LogP contribution in [-0.4, -0.2) is 53.3 Å². The van der Waals surface area contributed by atoms with E-state index in [4.69, 9.17) is 14.9 Å². The van der Waals surface area contributed by atoms with Crippen LogP contribution >= 0.6 is 0 Å². The first-order valence-electron chi connectivity index (χ1n) is 6.24. The predicted octanol–water partition coefficient (Wildman–Crippen LogP) is 1.15. The first kappa shape index (κ1) is 16.0. The van der Waals surface area contributed by atoms with E-state index in [9.17, 15) is 9.59 Å². The van der Waals surface area contributed by atoms with E-state index in [1.54, 1.807) is 0 Å². The minimum Gasteiger partial charge on any atom is -0.492 e. The van der Waals surface area contributed by atoms with Crippen molar-refractivity contribution < 1.29 is 24.5 Å². The first-order chi connectivity index (χ1) is 9.36.